The first kappa shape index (κ1) is 19.6. The molecule has 0 aliphatic carbocycles. The molecule has 0 saturated heterocycles. The Morgan fingerprint density at radius 3 is 2.78 bits per heavy atom. The van der Waals surface area contributed by atoms with Crippen molar-refractivity contribution < 1.29 is 22.4 Å². The van der Waals surface area contributed by atoms with Gasteiger partial charge in [-0.1, -0.05) is 23.7 Å². The summed E-state index contributed by atoms with van der Waals surface area (Å²) < 4.78 is 35.4. The molecule has 0 radical (unpaired) electrons. The molecule has 1 aromatic carbocycles. The number of thiazole rings is 1. The van der Waals surface area contributed by atoms with Gasteiger partial charge in [0, 0.05) is 30.1 Å². The Hall–Kier alpha value is -2.20. The topological polar surface area (TPSA) is 89.7 Å². The molecule has 2 aromatic heterocycles. The normalized spacial score (nSPS) is 11.7. The quantitative estimate of drug-likeness (QED) is 0.559. The number of esters is 1. The number of halogens is 1. The number of benzene rings is 1. The summed E-state index contributed by atoms with van der Waals surface area (Å²) in [6.07, 6.45) is 0. The molecule has 0 fully saturated rings. The largest absolute Gasteiger partial charge is 0.453 e. The van der Waals surface area contributed by atoms with Gasteiger partial charge in [-0.25, -0.2) is 22.5 Å². The monoisotopic (exact) mass is 426 g/mol. The summed E-state index contributed by atoms with van der Waals surface area (Å²) in [4.78, 5) is 16.4. The van der Waals surface area contributed by atoms with Gasteiger partial charge in [0.1, 0.15) is 17.4 Å². The van der Waals surface area contributed by atoms with Crippen LogP contribution in [0.25, 0.3) is 10.6 Å². The molecule has 142 valence electrons. The molecule has 3 rings (SSSR count). The van der Waals surface area contributed by atoms with Crippen molar-refractivity contribution in [2.75, 3.05) is 14.1 Å². The van der Waals surface area contributed by atoms with Gasteiger partial charge in [0.2, 0.25) is 5.09 Å². The minimum absolute atomic E-state index is 0.155. The van der Waals surface area contributed by atoms with E-state index < -0.39 is 16.0 Å². The second-order valence-corrected chi connectivity index (χ2v) is 9.01. The average Bonchev–Trinajstić information content (AvgIpc) is 3.29. The van der Waals surface area contributed by atoms with E-state index in [4.69, 9.17) is 20.8 Å². The third-order valence-corrected chi connectivity index (χ3v) is 6.32. The van der Waals surface area contributed by atoms with Crippen molar-refractivity contribution in [2.24, 2.45) is 0 Å². The highest BCUT2D eigenvalue weighted by molar-refractivity contribution is 7.88. The summed E-state index contributed by atoms with van der Waals surface area (Å²) in [7, 11) is -0.873. The van der Waals surface area contributed by atoms with Crippen LogP contribution in [0.1, 0.15) is 16.2 Å². The molecule has 0 aliphatic heterocycles. The van der Waals surface area contributed by atoms with Crippen LogP contribution in [0.15, 0.2) is 51.3 Å². The maximum atomic E-state index is 12.2. The van der Waals surface area contributed by atoms with Gasteiger partial charge < -0.3 is 9.15 Å². The highest BCUT2D eigenvalue weighted by Crippen LogP contribution is 2.26. The molecule has 0 unspecified atom stereocenters. The second kappa shape index (κ2) is 7.81. The molecular formula is C17H15ClN2O5S2. The van der Waals surface area contributed by atoms with Crippen LogP contribution in [0.5, 0.6) is 0 Å². The average molecular weight is 427 g/mol. The van der Waals surface area contributed by atoms with E-state index in [0.717, 1.165) is 9.87 Å². The Morgan fingerprint density at radius 1 is 1.30 bits per heavy atom. The molecule has 0 aliphatic rings. The predicted molar refractivity (Wildman–Crippen MR) is 101 cm³/mol. The lowest BCUT2D eigenvalue weighted by atomic mass is 10.2. The van der Waals surface area contributed by atoms with Crippen LogP contribution in [0, 0.1) is 0 Å². The molecule has 27 heavy (non-hydrogen) atoms. The third-order valence-electron chi connectivity index (χ3n) is 3.50. The summed E-state index contributed by atoms with van der Waals surface area (Å²) in [5, 5.41) is 2.59. The lowest BCUT2D eigenvalue weighted by Gasteiger charge is -2.07. The number of sulfonamides is 1. The molecule has 0 saturated carbocycles. The molecule has 2 heterocycles. The van der Waals surface area contributed by atoms with Crippen LogP contribution in [-0.4, -0.2) is 37.8 Å². The van der Waals surface area contributed by atoms with Gasteiger partial charge >= 0.3 is 5.97 Å². The molecular weight excluding hydrogens is 412 g/mol. The Bertz CT molecular complexity index is 1070. The zero-order valence-corrected chi connectivity index (χ0v) is 16.8. The summed E-state index contributed by atoms with van der Waals surface area (Å²) in [5.74, 6) is -0.415. The number of rotatable bonds is 6. The van der Waals surface area contributed by atoms with Crippen molar-refractivity contribution in [3.8, 4) is 10.6 Å². The zero-order chi connectivity index (χ0) is 19.6. The molecule has 0 spiro atoms. The fraction of sp³-hybridized carbons (Fsp3) is 0.176. The van der Waals surface area contributed by atoms with E-state index in [-0.39, 0.29) is 23.2 Å². The van der Waals surface area contributed by atoms with E-state index >= 15 is 0 Å². The van der Waals surface area contributed by atoms with Crippen molar-refractivity contribution >= 4 is 38.9 Å². The van der Waals surface area contributed by atoms with Gasteiger partial charge in [-0.15, -0.1) is 11.3 Å². The molecule has 10 heteroatoms. The van der Waals surface area contributed by atoms with Crippen LogP contribution in [-0.2, 0) is 21.4 Å². The van der Waals surface area contributed by atoms with Crippen molar-refractivity contribution in [1.29, 1.82) is 0 Å². The van der Waals surface area contributed by atoms with E-state index in [9.17, 15) is 13.2 Å². The lowest BCUT2D eigenvalue weighted by molar-refractivity contribution is 0.0434. The van der Waals surface area contributed by atoms with Crippen LogP contribution >= 0.6 is 22.9 Å². The standard InChI is InChI=1S/C17H15ClN2O5S2/c1-20(2)27(22,23)15-7-6-13(25-15)9-24-17(21)14-10-26-16(19-14)11-4-3-5-12(18)8-11/h3-8,10H,9H2,1-2H3. The van der Waals surface area contributed by atoms with Crippen molar-refractivity contribution in [1.82, 2.24) is 9.29 Å². The number of ether oxygens (including phenoxy) is 1. The van der Waals surface area contributed by atoms with Crippen molar-refractivity contribution in [3.63, 3.8) is 0 Å². The number of nitrogens with zero attached hydrogens (tertiary/aromatic N) is 2. The van der Waals surface area contributed by atoms with E-state index in [1.54, 1.807) is 23.6 Å². The Kier molecular flexibility index (Phi) is 5.66. The predicted octanol–water partition coefficient (Wildman–Crippen LogP) is 3.66. The summed E-state index contributed by atoms with van der Waals surface area (Å²) in [6.45, 7) is -0.203. The van der Waals surface area contributed by atoms with Crippen LogP contribution in [0.3, 0.4) is 0 Å². The first-order valence-electron chi connectivity index (χ1n) is 7.67. The summed E-state index contributed by atoms with van der Waals surface area (Å²) in [6, 6.07) is 9.91. The first-order valence-corrected chi connectivity index (χ1v) is 10.4. The highest BCUT2D eigenvalue weighted by Gasteiger charge is 2.22. The first-order chi connectivity index (χ1) is 12.8. The van der Waals surface area contributed by atoms with Gasteiger partial charge in [-0.05, 0) is 24.3 Å². The molecule has 0 N–H and O–H groups in total. The van der Waals surface area contributed by atoms with Crippen molar-refractivity contribution in [2.45, 2.75) is 11.7 Å². The van der Waals surface area contributed by atoms with Gasteiger partial charge in [0.15, 0.2) is 5.69 Å². The SMILES string of the molecule is CN(C)S(=O)(=O)c1ccc(COC(=O)c2csc(-c3cccc(Cl)c3)n2)o1. The number of hydrogen-bond acceptors (Lipinski definition) is 7. The Labute approximate surface area is 165 Å². The molecule has 0 bridgehead atoms. The van der Waals surface area contributed by atoms with Crippen LogP contribution in [0.4, 0.5) is 0 Å². The molecule has 7 nitrogen and oxygen atoms in total. The minimum atomic E-state index is -3.67. The molecule has 3 aromatic rings. The van der Waals surface area contributed by atoms with E-state index in [1.807, 2.05) is 6.07 Å². The van der Waals surface area contributed by atoms with E-state index in [1.165, 1.54) is 37.6 Å². The maximum absolute atomic E-state index is 12.2. The zero-order valence-electron chi connectivity index (χ0n) is 14.4. The van der Waals surface area contributed by atoms with Gasteiger partial charge in [-0.3, -0.25) is 0 Å². The van der Waals surface area contributed by atoms with Crippen LogP contribution < -0.4 is 0 Å². The lowest BCUT2D eigenvalue weighted by Crippen LogP contribution is -2.21. The van der Waals surface area contributed by atoms with E-state index in [2.05, 4.69) is 4.98 Å². The smallest absolute Gasteiger partial charge is 0.358 e. The number of carbonyl (C=O) groups is 1. The van der Waals surface area contributed by atoms with Crippen molar-refractivity contribution in [3.05, 3.63) is 58.3 Å². The number of furan rings is 1. The molecule has 0 amide bonds. The highest BCUT2D eigenvalue weighted by atomic mass is 35.5. The maximum Gasteiger partial charge on any atom is 0.358 e. The number of aromatic nitrogens is 1. The van der Waals surface area contributed by atoms with Gasteiger partial charge in [-0.2, -0.15) is 0 Å². The fourth-order valence-corrected chi connectivity index (χ4v) is 3.88. The Balaban J connectivity index is 1.66. The summed E-state index contributed by atoms with van der Waals surface area (Å²) in [5.41, 5.74) is 0.957. The minimum Gasteiger partial charge on any atom is -0.453 e. The number of carbonyl (C=O) groups excluding carboxylic acids is 1. The second-order valence-electron chi connectivity index (χ2n) is 5.63. The fourth-order valence-electron chi connectivity index (χ4n) is 2.09. The van der Waals surface area contributed by atoms with Gasteiger partial charge in [0.05, 0.1) is 0 Å². The van der Waals surface area contributed by atoms with Gasteiger partial charge in [0.25, 0.3) is 10.0 Å². The van der Waals surface area contributed by atoms with Crippen LogP contribution in [0.2, 0.25) is 5.02 Å². The Morgan fingerprint density at radius 2 is 2.07 bits per heavy atom. The van der Waals surface area contributed by atoms with E-state index in [0.29, 0.717) is 10.0 Å². The third kappa shape index (κ3) is 4.38. The molecule has 0 atom stereocenters. The number of hydrogen-bond donors (Lipinski definition) is 0. The summed E-state index contributed by atoms with van der Waals surface area (Å²) >= 11 is 7.26.